The number of nitrogens with zero attached hydrogens (tertiary/aromatic N) is 5. The third-order valence-electron chi connectivity index (χ3n) is 21.5. The molecule has 0 spiro atoms. The fourth-order valence-corrected chi connectivity index (χ4v) is 17.7. The Morgan fingerprint density at radius 1 is 0.570 bits per heavy atom. The molecule has 0 unspecified atom stereocenters. The van der Waals surface area contributed by atoms with Crippen molar-refractivity contribution in [3.63, 3.8) is 0 Å². The van der Waals surface area contributed by atoms with Crippen LogP contribution in [0.1, 0.15) is 119 Å². The topological polar surface area (TPSA) is 36.8 Å². The summed E-state index contributed by atoms with van der Waals surface area (Å²) in [6.07, 6.45) is 18.1. The molecule has 4 saturated carbocycles. The molecule has 4 fully saturated rings. The van der Waals surface area contributed by atoms with E-state index in [1.54, 1.807) is 0 Å². The Hall–Kier alpha value is -8.90. The minimum Gasteiger partial charge on any atom is -0.509 e. The van der Waals surface area contributed by atoms with Gasteiger partial charge in [0.05, 0.1) is 0 Å². The van der Waals surface area contributed by atoms with Crippen molar-refractivity contribution in [3.05, 3.63) is 283 Å². The molecule has 11 aromatic rings. The number of hydrogen-bond acceptors (Lipinski definition) is 5. The molecular formula is C85H75BN5OPt-3. The van der Waals surface area contributed by atoms with E-state index >= 15 is 0 Å². The maximum Gasteiger partial charge on any atom is 0.316 e. The molecule has 4 bridgehead atoms. The molecule has 4 aliphatic carbocycles. The van der Waals surface area contributed by atoms with Gasteiger partial charge in [0.15, 0.2) is 0 Å². The van der Waals surface area contributed by atoms with E-state index < -0.39 is 0 Å². The van der Waals surface area contributed by atoms with Gasteiger partial charge in [0, 0.05) is 83.6 Å². The van der Waals surface area contributed by atoms with Crippen molar-refractivity contribution in [2.24, 2.45) is 23.7 Å². The van der Waals surface area contributed by atoms with Gasteiger partial charge in [-0.2, -0.15) is 6.07 Å². The van der Waals surface area contributed by atoms with Gasteiger partial charge in [-0.1, -0.05) is 210 Å². The normalized spacial score (nSPS) is 20.0. The smallest absolute Gasteiger partial charge is 0.316 e. The van der Waals surface area contributed by atoms with Gasteiger partial charge < -0.3 is 23.9 Å². The first-order chi connectivity index (χ1) is 45.0. The maximum atomic E-state index is 7.38. The van der Waals surface area contributed by atoms with Crippen LogP contribution in [0.15, 0.2) is 236 Å². The largest absolute Gasteiger partial charge is 0.509 e. The molecule has 2 aromatic heterocycles. The predicted octanol–water partition coefficient (Wildman–Crippen LogP) is 22.1. The number of para-hydroxylation sites is 5. The molecule has 462 valence electrons. The summed E-state index contributed by atoms with van der Waals surface area (Å²) in [5.74, 6) is 8.21. The zero-order valence-electron chi connectivity index (χ0n) is 53.7. The van der Waals surface area contributed by atoms with Crippen LogP contribution in [-0.4, -0.2) is 16.4 Å². The van der Waals surface area contributed by atoms with Crippen LogP contribution < -0.4 is 19.3 Å². The van der Waals surface area contributed by atoms with Crippen LogP contribution in [0.2, 0.25) is 0 Å². The quantitative estimate of drug-likeness (QED) is 0.0849. The third kappa shape index (κ3) is 9.81. The first kappa shape index (κ1) is 59.1. The molecule has 8 heteroatoms. The molecule has 0 radical (unpaired) electrons. The van der Waals surface area contributed by atoms with Crippen molar-refractivity contribution in [2.75, 3.05) is 14.6 Å². The van der Waals surface area contributed by atoms with Gasteiger partial charge >= 0.3 is 6.85 Å². The van der Waals surface area contributed by atoms with E-state index in [9.17, 15) is 0 Å². The molecule has 5 heterocycles. The number of aromatic nitrogens is 2. The summed E-state index contributed by atoms with van der Waals surface area (Å²) >= 11 is 0. The summed E-state index contributed by atoms with van der Waals surface area (Å²) in [7, 11) is 0. The van der Waals surface area contributed by atoms with Crippen LogP contribution in [0, 0.1) is 42.5 Å². The maximum absolute atomic E-state index is 7.38. The van der Waals surface area contributed by atoms with E-state index in [0.717, 1.165) is 90.0 Å². The Bertz CT molecular complexity index is 4690. The second-order valence-electron chi connectivity index (χ2n) is 27.8. The Morgan fingerprint density at radius 3 is 1.88 bits per heavy atom. The number of anilines is 5. The summed E-state index contributed by atoms with van der Waals surface area (Å²) in [4.78, 5) is 12.6. The molecule has 0 N–H and O–H groups in total. The van der Waals surface area contributed by atoms with E-state index in [2.05, 4.69) is 316 Å². The first-order valence-electron chi connectivity index (χ1n) is 33.6. The van der Waals surface area contributed by atoms with Gasteiger partial charge in [0.1, 0.15) is 5.82 Å². The molecular weight excluding hydrogens is 1310 g/mol. The van der Waals surface area contributed by atoms with Crippen LogP contribution in [0.4, 0.5) is 28.4 Å². The summed E-state index contributed by atoms with van der Waals surface area (Å²) < 4.78 is 9.74. The predicted molar refractivity (Wildman–Crippen MR) is 382 cm³/mol. The number of rotatable bonds is 13. The van der Waals surface area contributed by atoms with Crippen molar-refractivity contribution in [1.29, 1.82) is 0 Å². The minimum absolute atomic E-state index is 0. The number of hydrogen-bond donors (Lipinski definition) is 0. The monoisotopic (exact) mass is 1390 g/mol. The van der Waals surface area contributed by atoms with Crippen LogP contribution >= 0.6 is 0 Å². The molecule has 0 atom stereocenters. The fourth-order valence-electron chi connectivity index (χ4n) is 17.7. The summed E-state index contributed by atoms with van der Waals surface area (Å²) in [5, 5.41) is 2.26. The van der Waals surface area contributed by atoms with Crippen LogP contribution in [0.3, 0.4) is 0 Å². The molecule has 3 aliphatic heterocycles. The molecule has 0 saturated heterocycles. The summed E-state index contributed by atoms with van der Waals surface area (Å²) in [6, 6.07) is 81.2. The van der Waals surface area contributed by atoms with Crippen molar-refractivity contribution >= 4 is 63.2 Å². The van der Waals surface area contributed by atoms with Gasteiger partial charge in [-0.3, -0.25) is 0 Å². The molecule has 9 aromatic carbocycles. The second-order valence-corrected chi connectivity index (χ2v) is 27.8. The number of benzene rings is 9. The number of ether oxygens (including phenoxy) is 1. The zero-order valence-corrected chi connectivity index (χ0v) is 56.0. The van der Waals surface area contributed by atoms with Crippen molar-refractivity contribution in [2.45, 2.75) is 96.8 Å². The van der Waals surface area contributed by atoms with Crippen molar-refractivity contribution < 1.29 is 25.8 Å². The minimum atomic E-state index is -0.148. The van der Waals surface area contributed by atoms with E-state index in [-0.39, 0.29) is 45.2 Å². The Labute approximate surface area is 563 Å². The average Bonchev–Trinajstić information content (AvgIpc) is 1.04. The molecule has 93 heavy (non-hydrogen) atoms. The third-order valence-corrected chi connectivity index (χ3v) is 21.5. The van der Waals surface area contributed by atoms with Gasteiger partial charge in [0.2, 0.25) is 0 Å². The van der Waals surface area contributed by atoms with Crippen molar-refractivity contribution in [1.82, 2.24) is 9.55 Å². The van der Waals surface area contributed by atoms with Gasteiger partial charge in [-0.05, 0) is 172 Å². The number of fused-ring (bicyclic) bond motifs is 7. The second kappa shape index (κ2) is 23.6. The number of allylic oxidation sites excluding steroid dienone is 3. The zero-order chi connectivity index (χ0) is 61.9. The molecule has 7 aliphatic rings. The van der Waals surface area contributed by atoms with E-state index in [0.29, 0.717) is 29.3 Å². The Kier molecular flexibility index (Phi) is 15.0. The summed E-state index contributed by atoms with van der Waals surface area (Å²) in [6.45, 7) is 16.3. The number of pyridine rings is 1. The fraction of sp³-hybridized carbons (Fsp3) is 0.224. The molecule has 18 rings (SSSR count). The summed E-state index contributed by atoms with van der Waals surface area (Å²) in [5.41, 5.74) is 22.4. The Morgan fingerprint density at radius 2 is 1.20 bits per heavy atom. The van der Waals surface area contributed by atoms with Crippen LogP contribution in [0.25, 0.3) is 67.1 Å². The standard InChI is InChI=1S/C85H75BN5O.Pt/c1-54(2)62-48-74(55(3)4)83(75(49-62)56(5)6)63-46-67(88-53-89(79-32-18-17-31-78(79)88)84-70(59-21-9-7-10-22-59)27-19-28-71(84)60-23-11-8-12-24-60)51-69(47-63)92-68-34-35-73-72-26-14-16-30-77(72)91(80(73)52-68)82-50-64(37-39-87-82)85(65-42-57-41-58(44-65)45-66(85)43-57)81-33-20-40-90-76-29-15-13-25-61(76)36-38-86(81)90;/h7-40,46-50,53-58,65-66H,41-45H2,1-6H3;/q-3;. The van der Waals surface area contributed by atoms with E-state index in [1.165, 1.54) is 76.6 Å². The molecule has 0 amide bonds. The van der Waals surface area contributed by atoms with Gasteiger partial charge in [0.25, 0.3) is 0 Å². The molecule has 6 nitrogen and oxygen atoms in total. The van der Waals surface area contributed by atoms with E-state index in [4.69, 9.17) is 9.72 Å². The van der Waals surface area contributed by atoms with Crippen LogP contribution in [-0.2, 0) is 26.5 Å². The first-order valence-corrected chi connectivity index (χ1v) is 33.6. The van der Waals surface area contributed by atoms with Crippen molar-refractivity contribution in [3.8, 4) is 50.7 Å². The van der Waals surface area contributed by atoms with Gasteiger partial charge in [-0.25, -0.2) is 4.98 Å². The van der Waals surface area contributed by atoms with Gasteiger partial charge in [-0.15, -0.1) is 53.6 Å². The Balaban J connectivity index is 0.00000686. The average molecular weight is 1390 g/mol. The van der Waals surface area contributed by atoms with E-state index in [1.807, 2.05) is 0 Å². The van der Waals surface area contributed by atoms with Crippen LogP contribution in [0.5, 0.6) is 11.5 Å². The SMILES string of the molecule is CC(C)c1cc(C(C)C)c(-c2cc(Oc3[c-]c4c(cc3)c3ccccc3n4-c3cc(C4(C5=CC=CN6B5C=Cc5ccccc56)C5CC6CC(C5)CC4C6)ccn3)[c-]c(N3[CH-]N(c4c(-c5ccccc5)cccc4-c4ccccc4)c4ccccc43)c2)c(C(C)C)c1.[Pt].